The number of hydrogen-bond acceptors (Lipinski definition) is 3. The van der Waals surface area contributed by atoms with E-state index in [9.17, 15) is 4.79 Å². The maximum Gasteiger partial charge on any atom is 0.409 e. The second kappa shape index (κ2) is 3.77. The molecule has 0 atom stereocenters. The van der Waals surface area contributed by atoms with Gasteiger partial charge in [-0.15, -0.1) is 0 Å². The van der Waals surface area contributed by atoms with E-state index in [2.05, 4.69) is 5.32 Å². The zero-order valence-corrected chi connectivity index (χ0v) is 8.71. The summed E-state index contributed by atoms with van der Waals surface area (Å²) in [5.41, 5.74) is 0.231. The molecule has 0 radical (unpaired) electrons. The molecular weight excluding hydrogens is 180 g/mol. The summed E-state index contributed by atoms with van der Waals surface area (Å²) in [7, 11) is 0. The molecule has 2 aliphatic rings. The van der Waals surface area contributed by atoms with E-state index < -0.39 is 0 Å². The van der Waals surface area contributed by atoms with Crippen molar-refractivity contribution < 1.29 is 9.53 Å². The average Bonchev–Trinajstić information content (AvgIpc) is 2.23. The van der Waals surface area contributed by atoms with Crippen LogP contribution < -0.4 is 5.32 Å². The predicted octanol–water partition coefficient (Wildman–Crippen LogP) is 0.828. The van der Waals surface area contributed by atoms with Gasteiger partial charge in [-0.1, -0.05) is 0 Å². The number of carbonyl (C=O) groups is 1. The normalized spacial score (nSPS) is 26.4. The van der Waals surface area contributed by atoms with Crippen LogP contribution in [0.15, 0.2) is 0 Å². The first-order valence-electron chi connectivity index (χ1n) is 5.38. The minimum atomic E-state index is -0.142. The van der Waals surface area contributed by atoms with Gasteiger partial charge in [0.05, 0.1) is 0 Å². The molecule has 0 aromatic heterocycles. The molecule has 2 heterocycles. The third-order valence-corrected chi connectivity index (χ3v) is 3.33. The van der Waals surface area contributed by atoms with E-state index in [1.807, 2.05) is 11.8 Å². The molecule has 0 aromatic carbocycles. The van der Waals surface area contributed by atoms with Crippen molar-refractivity contribution in [3.8, 4) is 0 Å². The number of hydrogen-bond donors (Lipinski definition) is 1. The van der Waals surface area contributed by atoms with E-state index in [-0.39, 0.29) is 11.5 Å². The largest absolute Gasteiger partial charge is 0.449 e. The van der Waals surface area contributed by atoms with E-state index in [1.165, 1.54) is 0 Å². The monoisotopic (exact) mass is 198 g/mol. The lowest BCUT2D eigenvalue weighted by Gasteiger charge is -2.44. The number of piperidine rings is 1. The van der Waals surface area contributed by atoms with Crippen LogP contribution in [0.4, 0.5) is 4.79 Å². The smallest absolute Gasteiger partial charge is 0.409 e. The summed E-state index contributed by atoms with van der Waals surface area (Å²) in [5.74, 6) is 0. The molecule has 0 unspecified atom stereocenters. The Labute approximate surface area is 84.6 Å². The Kier molecular flexibility index (Phi) is 2.63. The number of carbonyl (C=O) groups excluding carboxylic acids is 1. The van der Waals surface area contributed by atoms with Crippen molar-refractivity contribution in [2.75, 3.05) is 32.8 Å². The molecule has 1 spiro atoms. The molecular formula is C10H18N2O2. The Balaban J connectivity index is 2.03. The van der Waals surface area contributed by atoms with Gasteiger partial charge in [0.2, 0.25) is 0 Å². The Morgan fingerprint density at radius 3 is 2.86 bits per heavy atom. The van der Waals surface area contributed by atoms with Crippen LogP contribution in [0.1, 0.15) is 19.8 Å². The minimum Gasteiger partial charge on any atom is -0.449 e. The molecule has 4 heteroatoms. The molecule has 2 saturated heterocycles. The number of nitrogens with one attached hydrogen (secondary N) is 1. The van der Waals surface area contributed by atoms with Crippen molar-refractivity contribution in [1.29, 1.82) is 0 Å². The van der Waals surface area contributed by atoms with Gasteiger partial charge in [-0.25, -0.2) is 4.79 Å². The lowest BCUT2D eigenvalue weighted by Crippen LogP contribution is -2.53. The van der Waals surface area contributed by atoms with E-state index in [4.69, 9.17) is 4.74 Å². The average molecular weight is 198 g/mol. The summed E-state index contributed by atoms with van der Waals surface area (Å²) in [6, 6.07) is 0. The first-order valence-corrected chi connectivity index (χ1v) is 5.38. The topological polar surface area (TPSA) is 41.6 Å². The number of ether oxygens (including phenoxy) is 1. The molecule has 0 aliphatic carbocycles. The van der Waals surface area contributed by atoms with Crippen LogP contribution in [0.2, 0.25) is 0 Å². The van der Waals surface area contributed by atoms with E-state index in [0.717, 1.165) is 39.0 Å². The summed E-state index contributed by atoms with van der Waals surface area (Å²) in [5, 5.41) is 3.34. The molecule has 2 rings (SSSR count). The molecule has 0 aromatic rings. The van der Waals surface area contributed by atoms with Crippen LogP contribution in [0.5, 0.6) is 0 Å². The minimum absolute atomic E-state index is 0.142. The van der Waals surface area contributed by atoms with Crippen LogP contribution in [0.25, 0.3) is 0 Å². The summed E-state index contributed by atoms with van der Waals surface area (Å²) < 4.78 is 5.23. The number of cyclic esters (lactones) is 1. The highest BCUT2D eigenvalue weighted by atomic mass is 16.6. The molecule has 1 N–H and O–H groups in total. The third kappa shape index (κ3) is 1.71. The first kappa shape index (κ1) is 9.77. The molecule has 80 valence electrons. The Morgan fingerprint density at radius 2 is 2.21 bits per heavy atom. The maximum atomic E-state index is 11.3. The SMILES string of the molecule is CCN1CC2(CCNCC2)COC1=O. The van der Waals surface area contributed by atoms with Gasteiger partial charge in [-0.05, 0) is 32.9 Å². The molecule has 14 heavy (non-hydrogen) atoms. The van der Waals surface area contributed by atoms with E-state index >= 15 is 0 Å². The van der Waals surface area contributed by atoms with Crippen LogP contribution in [-0.4, -0.2) is 43.8 Å². The summed E-state index contributed by atoms with van der Waals surface area (Å²) >= 11 is 0. The van der Waals surface area contributed by atoms with Gasteiger partial charge >= 0.3 is 6.09 Å². The van der Waals surface area contributed by atoms with Crippen LogP contribution in [0.3, 0.4) is 0 Å². The second-order valence-electron chi connectivity index (χ2n) is 4.32. The van der Waals surface area contributed by atoms with Gasteiger partial charge in [0.1, 0.15) is 6.61 Å². The van der Waals surface area contributed by atoms with Gasteiger partial charge in [0.25, 0.3) is 0 Å². The molecule has 0 bridgehead atoms. The molecule has 0 saturated carbocycles. The number of rotatable bonds is 1. The second-order valence-corrected chi connectivity index (χ2v) is 4.32. The Morgan fingerprint density at radius 1 is 1.50 bits per heavy atom. The summed E-state index contributed by atoms with van der Waals surface area (Å²) in [4.78, 5) is 13.2. The molecule has 2 aliphatic heterocycles. The summed E-state index contributed by atoms with van der Waals surface area (Å²) in [6.45, 7) is 6.35. The fourth-order valence-electron chi connectivity index (χ4n) is 2.32. The molecule has 2 fully saturated rings. The van der Waals surface area contributed by atoms with Crippen molar-refractivity contribution in [3.05, 3.63) is 0 Å². The Hall–Kier alpha value is -0.770. The van der Waals surface area contributed by atoms with Crippen molar-refractivity contribution >= 4 is 6.09 Å². The summed E-state index contributed by atoms with van der Waals surface area (Å²) in [6.07, 6.45) is 2.10. The lowest BCUT2D eigenvalue weighted by atomic mass is 9.78. The number of nitrogens with zero attached hydrogens (tertiary/aromatic N) is 1. The lowest BCUT2D eigenvalue weighted by molar-refractivity contribution is -0.0202. The van der Waals surface area contributed by atoms with Crippen molar-refractivity contribution in [1.82, 2.24) is 10.2 Å². The predicted molar refractivity (Wildman–Crippen MR) is 53.1 cm³/mol. The fraction of sp³-hybridized carbons (Fsp3) is 0.900. The highest BCUT2D eigenvalue weighted by molar-refractivity contribution is 5.68. The quantitative estimate of drug-likeness (QED) is 0.678. The van der Waals surface area contributed by atoms with Crippen molar-refractivity contribution in [3.63, 3.8) is 0 Å². The highest BCUT2D eigenvalue weighted by Crippen LogP contribution is 2.33. The van der Waals surface area contributed by atoms with Crippen LogP contribution >= 0.6 is 0 Å². The molecule has 4 nitrogen and oxygen atoms in total. The van der Waals surface area contributed by atoms with Gasteiger partial charge in [0.15, 0.2) is 0 Å². The van der Waals surface area contributed by atoms with E-state index in [1.54, 1.807) is 0 Å². The van der Waals surface area contributed by atoms with Crippen LogP contribution in [0, 0.1) is 5.41 Å². The van der Waals surface area contributed by atoms with Gasteiger partial charge in [-0.2, -0.15) is 0 Å². The van der Waals surface area contributed by atoms with Gasteiger partial charge in [-0.3, -0.25) is 0 Å². The van der Waals surface area contributed by atoms with Crippen molar-refractivity contribution in [2.45, 2.75) is 19.8 Å². The van der Waals surface area contributed by atoms with Gasteiger partial charge in [0, 0.05) is 18.5 Å². The van der Waals surface area contributed by atoms with Crippen molar-refractivity contribution in [2.24, 2.45) is 5.41 Å². The standard InChI is InChI=1S/C10H18N2O2/c1-2-12-7-10(8-14-9(12)13)3-5-11-6-4-10/h11H,2-8H2,1H3. The Bertz CT molecular complexity index is 224. The van der Waals surface area contributed by atoms with Crippen LogP contribution in [-0.2, 0) is 4.74 Å². The highest BCUT2D eigenvalue weighted by Gasteiger charge is 2.40. The maximum absolute atomic E-state index is 11.3. The van der Waals surface area contributed by atoms with Gasteiger partial charge < -0.3 is 15.0 Å². The fourth-order valence-corrected chi connectivity index (χ4v) is 2.32. The molecule has 1 amide bonds. The zero-order chi connectivity index (χ0) is 10.0. The number of amides is 1. The third-order valence-electron chi connectivity index (χ3n) is 3.33. The first-order chi connectivity index (χ1) is 6.76. The van der Waals surface area contributed by atoms with E-state index in [0.29, 0.717) is 6.61 Å². The zero-order valence-electron chi connectivity index (χ0n) is 8.71.